The zero-order valence-corrected chi connectivity index (χ0v) is 13.5. The summed E-state index contributed by atoms with van der Waals surface area (Å²) in [5, 5.41) is 13.4. The number of hydrogen-bond acceptors (Lipinski definition) is 3. The van der Waals surface area contributed by atoms with E-state index in [4.69, 9.17) is 11.6 Å². The minimum Gasteiger partial charge on any atom is -0.476 e. The number of carboxylic acids is 1. The Morgan fingerprint density at radius 3 is 2.58 bits per heavy atom. The van der Waals surface area contributed by atoms with Crippen LogP contribution in [0.3, 0.4) is 0 Å². The lowest BCUT2D eigenvalue weighted by atomic mass is 10.2. The smallest absolute Gasteiger partial charge is 0.476 e. The Kier molecular flexibility index (Phi) is 4.49. The van der Waals surface area contributed by atoms with Crippen molar-refractivity contribution in [1.29, 1.82) is 0 Å². The average molecular weight is 389 g/mol. The van der Waals surface area contributed by atoms with E-state index in [1.54, 1.807) is 0 Å². The van der Waals surface area contributed by atoms with Gasteiger partial charge in [0.15, 0.2) is 5.69 Å². The normalized spacial score (nSPS) is 11.7. The Balaban J connectivity index is 2.10. The second-order valence-corrected chi connectivity index (χ2v) is 5.68. The Morgan fingerprint density at radius 2 is 1.96 bits per heavy atom. The molecule has 0 amide bonds. The molecule has 26 heavy (non-hydrogen) atoms. The van der Waals surface area contributed by atoms with Crippen LogP contribution < -0.4 is 4.74 Å². The van der Waals surface area contributed by atoms with Gasteiger partial charge in [0, 0.05) is 16.5 Å². The molecule has 0 spiro atoms. The van der Waals surface area contributed by atoms with E-state index in [2.05, 4.69) is 9.84 Å². The standard InChI is InChI=1S/C16H9ClF4N2O3/c17-12-5-9(18)2-1-8(12)7-23-13-6-10(26-16(19,20)21)3-4-11(13)14(22-23)15(24)25/h1-6H,7H2,(H,24,25). The van der Waals surface area contributed by atoms with Gasteiger partial charge in [-0.1, -0.05) is 17.7 Å². The van der Waals surface area contributed by atoms with Crippen molar-refractivity contribution < 1.29 is 32.2 Å². The first-order valence-corrected chi connectivity index (χ1v) is 7.45. The van der Waals surface area contributed by atoms with Gasteiger partial charge in [0.05, 0.1) is 12.1 Å². The Labute approximate surface area is 148 Å². The van der Waals surface area contributed by atoms with Crippen LogP contribution in [0.25, 0.3) is 10.9 Å². The molecule has 0 bridgehead atoms. The molecule has 0 aliphatic rings. The summed E-state index contributed by atoms with van der Waals surface area (Å²) in [4.78, 5) is 11.3. The summed E-state index contributed by atoms with van der Waals surface area (Å²) in [7, 11) is 0. The third-order valence-electron chi connectivity index (χ3n) is 3.49. The predicted octanol–water partition coefficient (Wildman–Crippen LogP) is 4.47. The van der Waals surface area contributed by atoms with E-state index in [1.165, 1.54) is 16.8 Å². The molecular weight excluding hydrogens is 380 g/mol. The summed E-state index contributed by atoms with van der Waals surface area (Å²) in [5.74, 6) is -2.42. The number of nitrogens with zero attached hydrogens (tertiary/aromatic N) is 2. The molecule has 0 unspecified atom stereocenters. The second-order valence-electron chi connectivity index (χ2n) is 5.27. The van der Waals surface area contributed by atoms with Crippen molar-refractivity contribution in [2.75, 3.05) is 0 Å². The first kappa shape index (κ1) is 18.0. The average Bonchev–Trinajstić information content (AvgIpc) is 2.87. The van der Waals surface area contributed by atoms with Crippen molar-refractivity contribution in [3.05, 3.63) is 58.5 Å². The highest BCUT2D eigenvalue weighted by Crippen LogP contribution is 2.29. The fourth-order valence-electron chi connectivity index (χ4n) is 2.44. The number of ether oxygens (including phenoxy) is 1. The summed E-state index contributed by atoms with van der Waals surface area (Å²) in [6, 6.07) is 6.80. The van der Waals surface area contributed by atoms with Crippen LogP contribution in [-0.4, -0.2) is 27.2 Å². The van der Waals surface area contributed by atoms with E-state index in [-0.39, 0.29) is 28.2 Å². The number of aromatic carboxylic acids is 1. The van der Waals surface area contributed by atoms with Crippen LogP contribution in [0.4, 0.5) is 17.6 Å². The molecule has 1 aromatic heterocycles. The van der Waals surface area contributed by atoms with E-state index in [0.717, 1.165) is 24.3 Å². The van der Waals surface area contributed by atoms with Crippen LogP contribution >= 0.6 is 11.6 Å². The van der Waals surface area contributed by atoms with Gasteiger partial charge in [-0.25, -0.2) is 9.18 Å². The van der Waals surface area contributed by atoms with Crippen molar-refractivity contribution in [3.63, 3.8) is 0 Å². The van der Waals surface area contributed by atoms with Gasteiger partial charge in [0.25, 0.3) is 0 Å². The van der Waals surface area contributed by atoms with Gasteiger partial charge in [-0.15, -0.1) is 13.2 Å². The van der Waals surface area contributed by atoms with Gasteiger partial charge in [-0.05, 0) is 29.8 Å². The van der Waals surface area contributed by atoms with E-state index < -0.39 is 23.9 Å². The first-order valence-electron chi connectivity index (χ1n) is 7.07. The molecule has 1 N–H and O–H groups in total. The maximum Gasteiger partial charge on any atom is 0.573 e. The molecule has 0 saturated carbocycles. The molecule has 0 aliphatic carbocycles. The van der Waals surface area contributed by atoms with Crippen molar-refractivity contribution in [2.45, 2.75) is 12.9 Å². The third-order valence-corrected chi connectivity index (χ3v) is 3.85. The molecule has 0 aliphatic heterocycles. The fraction of sp³-hybridized carbons (Fsp3) is 0.125. The summed E-state index contributed by atoms with van der Waals surface area (Å²) in [5.41, 5.74) is 0.179. The molecule has 3 rings (SSSR count). The fourth-order valence-corrected chi connectivity index (χ4v) is 2.67. The molecule has 0 fully saturated rings. The topological polar surface area (TPSA) is 64.3 Å². The van der Waals surface area contributed by atoms with Crippen molar-refractivity contribution in [3.8, 4) is 5.75 Å². The number of rotatable bonds is 4. The zero-order valence-electron chi connectivity index (χ0n) is 12.7. The quantitative estimate of drug-likeness (QED) is 0.670. The number of benzene rings is 2. The maximum absolute atomic E-state index is 13.2. The third kappa shape index (κ3) is 3.72. The molecule has 3 aromatic rings. The highest BCUT2D eigenvalue weighted by molar-refractivity contribution is 6.31. The van der Waals surface area contributed by atoms with Gasteiger partial charge in [0.1, 0.15) is 11.6 Å². The molecule has 0 saturated heterocycles. The van der Waals surface area contributed by atoms with Crippen LogP contribution in [0.5, 0.6) is 5.75 Å². The number of carboxylic acid groups (broad SMARTS) is 1. The van der Waals surface area contributed by atoms with E-state index in [0.29, 0.717) is 5.56 Å². The van der Waals surface area contributed by atoms with Crippen LogP contribution in [0.2, 0.25) is 5.02 Å². The molecule has 5 nitrogen and oxygen atoms in total. The number of carbonyl (C=O) groups is 1. The molecule has 2 aromatic carbocycles. The lowest BCUT2D eigenvalue weighted by Gasteiger charge is -2.10. The minimum atomic E-state index is -4.89. The van der Waals surface area contributed by atoms with Crippen LogP contribution in [0.15, 0.2) is 36.4 Å². The molecule has 0 radical (unpaired) electrons. The molecular formula is C16H9ClF4N2O3. The summed E-state index contributed by atoms with van der Waals surface area (Å²) < 4.78 is 55.4. The summed E-state index contributed by atoms with van der Waals surface area (Å²) >= 11 is 5.95. The van der Waals surface area contributed by atoms with Crippen LogP contribution in [0.1, 0.15) is 16.1 Å². The Hall–Kier alpha value is -2.81. The number of alkyl halides is 3. The highest BCUT2D eigenvalue weighted by Gasteiger charge is 2.31. The monoisotopic (exact) mass is 388 g/mol. The van der Waals surface area contributed by atoms with Crippen molar-refractivity contribution in [1.82, 2.24) is 9.78 Å². The second kappa shape index (κ2) is 6.49. The van der Waals surface area contributed by atoms with Gasteiger partial charge in [-0.2, -0.15) is 5.10 Å². The van der Waals surface area contributed by atoms with E-state index in [9.17, 15) is 27.5 Å². The lowest BCUT2D eigenvalue weighted by molar-refractivity contribution is -0.274. The molecule has 0 atom stereocenters. The predicted molar refractivity (Wildman–Crippen MR) is 83.9 cm³/mol. The molecule has 10 heteroatoms. The Morgan fingerprint density at radius 1 is 1.23 bits per heavy atom. The van der Waals surface area contributed by atoms with Gasteiger partial charge in [-0.3, -0.25) is 4.68 Å². The van der Waals surface area contributed by atoms with Crippen LogP contribution in [-0.2, 0) is 6.54 Å². The Bertz CT molecular complexity index is 1000. The maximum atomic E-state index is 13.2. The summed E-state index contributed by atoms with van der Waals surface area (Å²) in [6.45, 7) is -0.0711. The number of fused-ring (bicyclic) bond motifs is 1. The number of halogens is 5. The van der Waals surface area contributed by atoms with Gasteiger partial charge in [0.2, 0.25) is 0 Å². The lowest BCUT2D eigenvalue weighted by Crippen LogP contribution is -2.17. The SMILES string of the molecule is O=C(O)c1nn(Cc2ccc(F)cc2Cl)c2cc(OC(F)(F)F)ccc12. The van der Waals surface area contributed by atoms with Crippen LogP contribution in [0, 0.1) is 5.82 Å². The molecule has 1 heterocycles. The van der Waals surface area contributed by atoms with Crippen molar-refractivity contribution in [2.24, 2.45) is 0 Å². The van der Waals surface area contributed by atoms with Gasteiger partial charge < -0.3 is 9.84 Å². The van der Waals surface area contributed by atoms with E-state index >= 15 is 0 Å². The van der Waals surface area contributed by atoms with Crippen molar-refractivity contribution >= 4 is 28.5 Å². The first-order chi connectivity index (χ1) is 12.1. The van der Waals surface area contributed by atoms with E-state index in [1.807, 2.05) is 0 Å². The zero-order chi connectivity index (χ0) is 19.1. The summed E-state index contributed by atoms with van der Waals surface area (Å²) in [6.07, 6.45) is -4.89. The highest BCUT2D eigenvalue weighted by atomic mass is 35.5. The minimum absolute atomic E-state index is 0.0711. The number of hydrogen-bond donors (Lipinski definition) is 1. The molecule has 136 valence electrons. The van der Waals surface area contributed by atoms with Gasteiger partial charge >= 0.3 is 12.3 Å². The largest absolute Gasteiger partial charge is 0.573 e. The number of aromatic nitrogens is 2.